The van der Waals surface area contributed by atoms with Gasteiger partial charge in [-0.3, -0.25) is 9.59 Å². The zero-order valence-corrected chi connectivity index (χ0v) is 17.5. The van der Waals surface area contributed by atoms with Crippen LogP contribution in [-0.2, 0) is 13.0 Å². The third-order valence-corrected chi connectivity index (χ3v) is 6.59. The smallest absolute Gasteiger partial charge is 0.287 e. The van der Waals surface area contributed by atoms with Gasteiger partial charge in [-0.25, -0.2) is 4.98 Å². The van der Waals surface area contributed by atoms with Gasteiger partial charge in [-0.1, -0.05) is 30.9 Å². The van der Waals surface area contributed by atoms with Gasteiger partial charge in [0.05, 0.1) is 5.69 Å². The van der Waals surface area contributed by atoms with Crippen molar-refractivity contribution in [3.05, 3.63) is 28.9 Å². The van der Waals surface area contributed by atoms with Gasteiger partial charge in [-0.15, -0.1) is 0 Å². The summed E-state index contributed by atoms with van der Waals surface area (Å²) in [5, 5.41) is 6.20. The van der Waals surface area contributed by atoms with E-state index >= 15 is 0 Å². The fourth-order valence-corrected chi connectivity index (χ4v) is 4.95. The molecule has 2 heterocycles. The number of carbonyl (C=O) groups excluding carboxylic acids is 2. The third-order valence-electron chi connectivity index (χ3n) is 6.59. The molecule has 0 bridgehead atoms. The minimum atomic E-state index is -0.135. The molecule has 2 N–H and O–H groups in total. The van der Waals surface area contributed by atoms with E-state index in [2.05, 4.69) is 21.7 Å². The molecule has 29 heavy (non-hydrogen) atoms. The predicted octanol–water partition coefficient (Wildman–Crippen LogP) is 3.90. The topological polar surface area (TPSA) is 76.0 Å². The fourth-order valence-electron chi connectivity index (χ4n) is 4.95. The van der Waals surface area contributed by atoms with Gasteiger partial charge in [-0.05, 0) is 64.2 Å². The Bertz CT molecular complexity index is 774. The summed E-state index contributed by atoms with van der Waals surface area (Å²) in [6, 6.07) is 0.244. The molecular weight excluding hydrogens is 364 g/mol. The van der Waals surface area contributed by atoms with Gasteiger partial charge in [0.2, 0.25) is 0 Å². The summed E-state index contributed by atoms with van der Waals surface area (Å²) < 4.78 is 1.99. The molecule has 0 aromatic carbocycles. The molecule has 158 valence electrons. The number of allylic oxidation sites excluding steroid dienone is 1. The lowest BCUT2D eigenvalue weighted by Crippen LogP contribution is -2.37. The number of carbonyl (C=O) groups is 2. The molecule has 1 aromatic rings. The molecule has 0 unspecified atom stereocenters. The van der Waals surface area contributed by atoms with E-state index in [4.69, 9.17) is 0 Å². The molecule has 0 spiro atoms. The first kappa shape index (κ1) is 20.2. The maximum atomic E-state index is 12.9. The molecule has 3 aliphatic rings. The van der Waals surface area contributed by atoms with E-state index in [1.807, 2.05) is 4.57 Å². The molecule has 0 atom stereocenters. The van der Waals surface area contributed by atoms with Gasteiger partial charge in [0.1, 0.15) is 5.69 Å². The molecule has 4 rings (SSSR count). The molecule has 6 nitrogen and oxygen atoms in total. The summed E-state index contributed by atoms with van der Waals surface area (Å²) in [4.78, 5) is 30.3. The van der Waals surface area contributed by atoms with Crippen molar-refractivity contribution < 1.29 is 9.59 Å². The van der Waals surface area contributed by atoms with Crippen molar-refractivity contribution in [1.29, 1.82) is 0 Å². The van der Waals surface area contributed by atoms with Crippen LogP contribution in [0.3, 0.4) is 0 Å². The maximum Gasteiger partial charge on any atom is 0.287 e. The number of nitrogens with zero attached hydrogens (tertiary/aromatic N) is 2. The predicted molar refractivity (Wildman–Crippen MR) is 113 cm³/mol. The van der Waals surface area contributed by atoms with Crippen molar-refractivity contribution >= 4 is 11.8 Å². The Kier molecular flexibility index (Phi) is 6.67. The highest BCUT2D eigenvalue weighted by atomic mass is 16.2. The Morgan fingerprint density at radius 2 is 1.83 bits per heavy atom. The highest BCUT2D eigenvalue weighted by Crippen LogP contribution is 2.23. The number of imidazole rings is 1. The number of hydrogen-bond donors (Lipinski definition) is 2. The molecule has 0 saturated heterocycles. The van der Waals surface area contributed by atoms with E-state index in [1.165, 1.54) is 37.7 Å². The first-order valence-electron chi connectivity index (χ1n) is 11.6. The van der Waals surface area contributed by atoms with Crippen LogP contribution in [-0.4, -0.2) is 34.0 Å². The molecule has 1 saturated carbocycles. The fraction of sp³-hybridized carbons (Fsp3) is 0.696. The quantitative estimate of drug-likeness (QED) is 0.714. The summed E-state index contributed by atoms with van der Waals surface area (Å²) in [6.07, 6.45) is 16.7. The Labute approximate surface area is 173 Å². The van der Waals surface area contributed by atoms with Crippen molar-refractivity contribution in [2.45, 2.75) is 96.1 Å². The van der Waals surface area contributed by atoms with Gasteiger partial charge >= 0.3 is 0 Å². The van der Waals surface area contributed by atoms with E-state index in [1.54, 1.807) is 0 Å². The molecule has 1 aliphatic heterocycles. The largest absolute Gasteiger partial charge is 0.350 e. The van der Waals surface area contributed by atoms with Crippen LogP contribution in [0.1, 0.15) is 104 Å². The molecule has 1 aromatic heterocycles. The van der Waals surface area contributed by atoms with Gasteiger partial charge in [0.15, 0.2) is 5.82 Å². The van der Waals surface area contributed by atoms with Crippen LogP contribution in [0.2, 0.25) is 0 Å². The van der Waals surface area contributed by atoms with Crippen LogP contribution in [0.25, 0.3) is 0 Å². The Balaban J connectivity index is 1.43. The second kappa shape index (κ2) is 9.59. The summed E-state index contributed by atoms with van der Waals surface area (Å²) in [7, 11) is 0. The zero-order chi connectivity index (χ0) is 20.1. The number of fused-ring (bicyclic) bond motifs is 1. The molecule has 0 radical (unpaired) electrons. The zero-order valence-electron chi connectivity index (χ0n) is 17.5. The number of nitrogens with one attached hydrogen (secondary N) is 2. The first-order chi connectivity index (χ1) is 14.2. The lowest BCUT2D eigenvalue weighted by atomic mass is 9.95. The number of rotatable bonds is 6. The molecule has 2 aliphatic carbocycles. The van der Waals surface area contributed by atoms with E-state index in [0.717, 1.165) is 63.6 Å². The number of amides is 2. The van der Waals surface area contributed by atoms with Crippen LogP contribution in [0, 0.1) is 0 Å². The van der Waals surface area contributed by atoms with Crippen molar-refractivity contribution in [3.8, 4) is 0 Å². The monoisotopic (exact) mass is 398 g/mol. The van der Waals surface area contributed by atoms with E-state index < -0.39 is 0 Å². The Morgan fingerprint density at radius 1 is 1.00 bits per heavy atom. The van der Waals surface area contributed by atoms with E-state index in [9.17, 15) is 9.59 Å². The molecular formula is C23H34N4O2. The second-order valence-electron chi connectivity index (χ2n) is 8.76. The lowest BCUT2D eigenvalue weighted by Gasteiger charge is -2.23. The lowest BCUT2D eigenvalue weighted by molar-refractivity contribution is 0.0911. The summed E-state index contributed by atoms with van der Waals surface area (Å²) >= 11 is 0. The van der Waals surface area contributed by atoms with Crippen molar-refractivity contribution in [1.82, 2.24) is 20.2 Å². The molecule has 2 amide bonds. The van der Waals surface area contributed by atoms with E-state index in [0.29, 0.717) is 18.1 Å². The second-order valence-corrected chi connectivity index (χ2v) is 8.76. The molecule has 6 heteroatoms. The maximum absolute atomic E-state index is 12.9. The van der Waals surface area contributed by atoms with Crippen LogP contribution < -0.4 is 10.6 Å². The standard InChI is InChI=1S/C23H34N4O2/c28-22(24-15-14-17-9-3-1-4-10-17)20-19-13-7-8-16-27(19)21(26-20)23(29)25-18-11-5-2-6-12-18/h9,18H,1-8,10-16H2,(H,24,28)(H,25,29). The van der Waals surface area contributed by atoms with Crippen molar-refractivity contribution in [2.24, 2.45) is 0 Å². The molecule has 1 fully saturated rings. The van der Waals surface area contributed by atoms with Crippen molar-refractivity contribution in [3.63, 3.8) is 0 Å². The minimum absolute atomic E-state index is 0.119. The normalized spacial score (nSPS) is 19.9. The first-order valence-corrected chi connectivity index (χ1v) is 11.6. The number of hydrogen-bond acceptors (Lipinski definition) is 3. The number of aromatic nitrogens is 2. The Morgan fingerprint density at radius 3 is 2.62 bits per heavy atom. The summed E-state index contributed by atoms with van der Waals surface area (Å²) in [5.74, 6) is 0.167. The van der Waals surface area contributed by atoms with Gasteiger partial charge in [-0.2, -0.15) is 0 Å². The van der Waals surface area contributed by atoms with Crippen LogP contribution in [0.15, 0.2) is 11.6 Å². The summed E-state index contributed by atoms with van der Waals surface area (Å²) in [6.45, 7) is 1.41. The van der Waals surface area contributed by atoms with Gasteiger partial charge < -0.3 is 15.2 Å². The van der Waals surface area contributed by atoms with Crippen LogP contribution in [0.4, 0.5) is 0 Å². The van der Waals surface area contributed by atoms with Gasteiger partial charge in [0, 0.05) is 19.1 Å². The summed E-state index contributed by atoms with van der Waals surface area (Å²) in [5.41, 5.74) is 2.84. The highest BCUT2D eigenvalue weighted by molar-refractivity contribution is 5.97. The van der Waals surface area contributed by atoms with Crippen LogP contribution >= 0.6 is 0 Å². The third kappa shape index (κ3) is 4.90. The average molecular weight is 399 g/mol. The average Bonchev–Trinajstić information content (AvgIpc) is 3.15. The van der Waals surface area contributed by atoms with Crippen molar-refractivity contribution in [2.75, 3.05) is 6.54 Å². The Hall–Kier alpha value is -2.11. The van der Waals surface area contributed by atoms with Crippen LogP contribution in [0.5, 0.6) is 0 Å². The SMILES string of the molecule is O=C(NCCC1=CCCCC1)c1nc(C(=O)NC2CCCCC2)n2c1CCCC2. The minimum Gasteiger partial charge on any atom is -0.350 e. The van der Waals surface area contributed by atoms with E-state index in [-0.39, 0.29) is 17.9 Å². The van der Waals surface area contributed by atoms with Gasteiger partial charge in [0.25, 0.3) is 11.8 Å². The highest BCUT2D eigenvalue weighted by Gasteiger charge is 2.28.